The van der Waals surface area contributed by atoms with Crippen molar-refractivity contribution in [2.24, 2.45) is 7.05 Å². The molecule has 1 aliphatic rings. The predicted octanol–water partition coefficient (Wildman–Crippen LogP) is 2.43. The van der Waals surface area contributed by atoms with Gasteiger partial charge in [0.25, 0.3) is 5.91 Å². The Morgan fingerprint density at radius 1 is 1.35 bits per heavy atom. The minimum absolute atomic E-state index is 0.0458. The van der Waals surface area contributed by atoms with Gasteiger partial charge in [-0.15, -0.1) is 0 Å². The second-order valence-electron chi connectivity index (χ2n) is 7.37. The summed E-state index contributed by atoms with van der Waals surface area (Å²) < 4.78 is 7.64. The number of amides is 1. The van der Waals surface area contributed by atoms with Crippen molar-refractivity contribution in [3.63, 3.8) is 0 Å². The van der Waals surface area contributed by atoms with Crippen LogP contribution in [0, 0.1) is 0 Å². The first kappa shape index (κ1) is 18.6. The average Bonchev–Trinajstić information content (AvgIpc) is 2.89. The van der Waals surface area contributed by atoms with Crippen LogP contribution < -0.4 is 5.32 Å². The van der Waals surface area contributed by atoms with Crippen LogP contribution in [0.3, 0.4) is 0 Å². The van der Waals surface area contributed by atoms with Crippen molar-refractivity contribution < 1.29 is 9.53 Å². The molecule has 0 saturated carbocycles. The number of nitrogens with one attached hydrogen (secondary N) is 1. The lowest BCUT2D eigenvalue weighted by Crippen LogP contribution is -2.27. The molecule has 0 radical (unpaired) electrons. The van der Waals surface area contributed by atoms with E-state index in [2.05, 4.69) is 27.4 Å². The molecule has 2 aromatic rings. The summed E-state index contributed by atoms with van der Waals surface area (Å²) in [6, 6.07) is 8.30. The number of nitrogens with zero attached hydrogens (tertiary/aromatic N) is 3. The number of ether oxygens (including phenoxy) is 1. The molecular formula is C20H28N4O2. The summed E-state index contributed by atoms with van der Waals surface area (Å²) in [4.78, 5) is 14.9. The van der Waals surface area contributed by atoms with Crippen LogP contribution in [0.5, 0.6) is 0 Å². The van der Waals surface area contributed by atoms with Crippen molar-refractivity contribution in [3.05, 3.63) is 52.3 Å². The van der Waals surface area contributed by atoms with Crippen LogP contribution in [-0.4, -0.2) is 40.8 Å². The van der Waals surface area contributed by atoms with Gasteiger partial charge in [-0.05, 0) is 39.1 Å². The maximum absolute atomic E-state index is 12.7. The van der Waals surface area contributed by atoms with Crippen molar-refractivity contribution in [3.8, 4) is 0 Å². The van der Waals surface area contributed by atoms with Gasteiger partial charge in [0.2, 0.25) is 0 Å². The highest BCUT2D eigenvalue weighted by Gasteiger charge is 2.31. The van der Waals surface area contributed by atoms with Gasteiger partial charge in [-0.1, -0.05) is 24.3 Å². The second-order valence-corrected chi connectivity index (χ2v) is 7.37. The summed E-state index contributed by atoms with van der Waals surface area (Å²) in [6.45, 7) is 5.41. The van der Waals surface area contributed by atoms with Gasteiger partial charge in [-0.3, -0.25) is 9.48 Å². The van der Waals surface area contributed by atoms with Gasteiger partial charge in [-0.25, -0.2) is 0 Å². The van der Waals surface area contributed by atoms with Gasteiger partial charge in [0.05, 0.1) is 17.9 Å². The molecule has 2 atom stereocenters. The molecule has 6 nitrogen and oxygen atoms in total. The fourth-order valence-corrected chi connectivity index (χ4v) is 3.69. The molecular weight excluding hydrogens is 328 g/mol. The number of benzene rings is 1. The maximum Gasteiger partial charge on any atom is 0.272 e. The largest absolute Gasteiger partial charge is 0.369 e. The lowest BCUT2D eigenvalue weighted by Gasteiger charge is -2.26. The Labute approximate surface area is 155 Å². The third-order valence-corrected chi connectivity index (χ3v) is 4.67. The molecule has 0 fully saturated rings. The second kappa shape index (κ2) is 7.60. The summed E-state index contributed by atoms with van der Waals surface area (Å²) in [7, 11) is 5.96. The summed E-state index contributed by atoms with van der Waals surface area (Å²) in [5.74, 6) is -0.124. The van der Waals surface area contributed by atoms with Gasteiger partial charge in [-0.2, -0.15) is 5.10 Å². The Bertz CT molecular complexity index is 797. The van der Waals surface area contributed by atoms with Crippen molar-refractivity contribution in [2.45, 2.75) is 45.6 Å². The van der Waals surface area contributed by atoms with E-state index in [0.29, 0.717) is 18.7 Å². The van der Waals surface area contributed by atoms with Crippen LogP contribution in [0.25, 0.3) is 0 Å². The highest BCUT2D eigenvalue weighted by atomic mass is 16.5. The topological polar surface area (TPSA) is 59.4 Å². The Morgan fingerprint density at radius 3 is 2.81 bits per heavy atom. The molecule has 6 heteroatoms. The molecule has 0 aliphatic carbocycles. The summed E-state index contributed by atoms with van der Waals surface area (Å²) in [5, 5.41) is 7.48. The van der Waals surface area contributed by atoms with Gasteiger partial charge in [0.1, 0.15) is 0 Å². The zero-order chi connectivity index (χ0) is 18.8. The molecule has 0 unspecified atom stereocenters. The van der Waals surface area contributed by atoms with Crippen molar-refractivity contribution in [2.75, 3.05) is 14.1 Å². The Balaban J connectivity index is 1.73. The Morgan fingerprint density at radius 2 is 2.08 bits per heavy atom. The number of fused-ring (bicyclic) bond motifs is 1. The number of aromatic nitrogens is 2. The third-order valence-electron chi connectivity index (χ3n) is 4.67. The van der Waals surface area contributed by atoms with E-state index in [0.717, 1.165) is 23.4 Å². The quantitative estimate of drug-likeness (QED) is 0.894. The number of hydrogen-bond acceptors (Lipinski definition) is 4. The summed E-state index contributed by atoms with van der Waals surface area (Å²) in [6.07, 6.45) is 0.765. The van der Waals surface area contributed by atoms with Crippen molar-refractivity contribution in [1.82, 2.24) is 20.0 Å². The highest BCUT2D eigenvalue weighted by Crippen LogP contribution is 2.31. The molecule has 1 aliphatic heterocycles. The van der Waals surface area contributed by atoms with E-state index < -0.39 is 0 Å². The van der Waals surface area contributed by atoms with Gasteiger partial charge < -0.3 is 15.0 Å². The van der Waals surface area contributed by atoms with Crippen LogP contribution in [0.15, 0.2) is 24.3 Å². The highest BCUT2D eigenvalue weighted by molar-refractivity contribution is 5.94. The van der Waals surface area contributed by atoms with Crippen molar-refractivity contribution >= 4 is 5.91 Å². The van der Waals surface area contributed by atoms with E-state index in [4.69, 9.17) is 4.74 Å². The predicted molar refractivity (Wildman–Crippen MR) is 101 cm³/mol. The fourth-order valence-electron chi connectivity index (χ4n) is 3.69. The minimum atomic E-state index is -0.124. The molecule has 140 valence electrons. The van der Waals surface area contributed by atoms with Crippen LogP contribution in [0.1, 0.15) is 52.8 Å². The summed E-state index contributed by atoms with van der Waals surface area (Å²) >= 11 is 0. The van der Waals surface area contributed by atoms with Crippen LogP contribution >= 0.6 is 0 Å². The number of hydrogen-bond donors (Lipinski definition) is 1. The molecule has 0 spiro atoms. The first-order valence-corrected chi connectivity index (χ1v) is 9.07. The molecule has 1 N–H and O–H groups in total. The minimum Gasteiger partial charge on any atom is -0.369 e. The standard InChI is InChI=1S/C20H28N4O2/c1-13-9-17-18(22-24(5)19(17)14(2)26-13)20(25)21-11-15-7-6-8-16(10-15)12-23(3)4/h6-8,10,13-14H,9,11-12H2,1-5H3,(H,21,25)/t13-,14+/m1/s1. The third kappa shape index (κ3) is 3.97. The van der Waals surface area contributed by atoms with Crippen LogP contribution in [0.4, 0.5) is 0 Å². The van der Waals surface area contributed by atoms with E-state index in [1.54, 1.807) is 4.68 Å². The van der Waals surface area contributed by atoms with Crippen LogP contribution in [-0.2, 0) is 31.3 Å². The van der Waals surface area contributed by atoms with E-state index in [1.807, 2.05) is 47.1 Å². The number of carbonyl (C=O) groups excluding carboxylic acids is 1. The lowest BCUT2D eigenvalue weighted by atomic mass is 9.99. The van der Waals surface area contributed by atoms with E-state index in [1.165, 1.54) is 5.56 Å². The molecule has 1 amide bonds. The zero-order valence-electron chi connectivity index (χ0n) is 16.2. The van der Waals surface area contributed by atoms with Gasteiger partial charge in [0, 0.05) is 32.1 Å². The number of aryl methyl sites for hydroxylation is 1. The lowest BCUT2D eigenvalue weighted by molar-refractivity contribution is -0.00903. The summed E-state index contributed by atoms with van der Waals surface area (Å²) in [5.41, 5.74) is 4.86. The van der Waals surface area contributed by atoms with E-state index in [9.17, 15) is 4.79 Å². The molecule has 0 bridgehead atoms. The van der Waals surface area contributed by atoms with Gasteiger partial charge in [0.15, 0.2) is 5.69 Å². The fraction of sp³-hybridized carbons (Fsp3) is 0.500. The van der Waals surface area contributed by atoms with E-state index >= 15 is 0 Å². The average molecular weight is 356 g/mol. The maximum atomic E-state index is 12.7. The van der Waals surface area contributed by atoms with Gasteiger partial charge >= 0.3 is 0 Å². The van der Waals surface area contributed by atoms with E-state index in [-0.39, 0.29) is 18.1 Å². The number of rotatable bonds is 5. The molecule has 2 heterocycles. The first-order chi connectivity index (χ1) is 12.3. The SMILES string of the molecule is C[C@@H]1Cc2c(C(=O)NCc3cccc(CN(C)C)c3)nn(C)c2[C@H](C)O1. The normalized spacial score (nSPS) is 19.5. The molecule has 26 heavy (non-hydrogen) atoms. The zero-order valence-corrected chi connectivity index (χ0v) is 16.2. The Kier molecular flexibility index (Phi) is 5.44. The Hall–Kier alpha value is -2.18. The van der Waals surface area contributed by atoms with Crippen LogP contribution in [0.2, 0.25) is 0 Å². The molecule has 3 rings (SSSR count). The number of carbonyl (C=O) groups is 1. The molecule has 0 saturated heterocycles. The first-order valence-electron chi connectivity index (χ1n) is 9.07. The smallest absolute Gasteiger partial charge is 0.272 e. The monoisotopic (exact) mass is 356 g/mol. The van der Waals surface area contributed by atoms with Crippen molar-refractivity contribution in [1.29, 1.82) is 0 Å². The molecule has 1 aromatic heterocycles. The molecule has 1 aromatic carbocycles.